The van der Waals surface area contributed by atoms with Crippen LogP contribution in [0, 0.1) is 11.8 Å². The average molecular weight is 420 g/mol. The predicted octanol–water partition coefficient (Wildman–Crippen LogP) is 0.829. The van der Waals surface area contributed by atoms with E-state index in [9.17, 15) is 9.59 Å². The Morgan fingerprint density at radius 1 is 1.21 bits per heavy atom. The van der Waals surface area contributed by atoms with Crippen molar-refractivity contribution >= 4 is 29.2 Å². The number of aryl methyl sites for hydroxylation is 1. The first-order chi connectivity index (χ1) is 13.7. The van der Waals surface area contributed by atoms with E-state index in [1.165, 1.54) is 4.68 Å². The summed E-state index contributed by atoms with van der Waals surface area (Å²) in [6, 6.07) is 7.62. The van der Waals surface area contributed by atoms with E-state index in [-0.39, 0.29) is 30.0 Å². The maximum atomic E-state index is 12.5. The number of nitrogens with one attached hydrogen (secondary N) is 1. The van der Waals surface area contributed by atoms with E-state index >= 15 is 0 Å². The number of nitrogens with zero attached hydrogens (tertiary/aromatic N) is 4. The quantitative estimate of drug-likeness (QED) is 0.746. The minimum atomic E-state index is -0.237. The summed E-state index contributed by atoms with van der Waals surface area (Å²) in [5.41, 5.74) is 0.561. The fourth-order valence-corrected chi connectivity index (χ4v) is 4.67. The number of ether oxygens (including phenoxy) is 1. The number of piperidine rings is 1. The molecule has 1 amide bonds. The van der Waals surface area contributed by atoms with Gasteiger partial charge in [-0.15, -0.1) is 17.5 Å². The SMILES string of the molecule is Cl.O=C(NC1C2CN(CCCn3nnc4ccccc4c3=O)CC21)C1CCCO1. The first kappa shape index (κ1) is 20.3. The van der Waals surface area contributed by atoms with Crippen LogP contribution in [0.1, 0.15) is 19.3 Å². The van der Waals surface area contributed by atoms with Crippen LogP contribution in [0.4, 0.5) is 0 Å². The van der Waals surface area contributed by atoms with E-state index in [2.05, 4.69) is 20.5 Å². The smallest absolute Gasteiger partial charge is 0.277 e. The molecule has 1 aromatic carbocycles. The fraction of sp³-hybridized carbons (Fsp3) is 0.600. The number of benzene rings is 1. The number of halogens is 1. The Morgan fingerprint density at radius 2 is 2.00 bits per heavy atom. The molecule has 8 nitrogen and oxygen atoms in total. The number of likely N-dealkylation sites (tertiary alicyclic amines) is 1. The molecule has 3 atom stereocenters. The Labute approximate surface area is 175 Å². The summed E-state index contributed by atoms with van der Waals surface area (Å²) in [5, 5.41) is 12.0. The topological polar surface area (TPSA) is 89.4 Å². The van der Waals surface area contributed by atoms with Crippen LogP contribution in [0.3, 0.4) is 0 Å². The normalized spacial score (nSPS) is 28.1. The van der Waals surface area contributed by atoms with Gasteiger partial charge >= 0.3 is 0 Å². The maximum Gasteiger partial charge on any atom is 0.277 e. The van der Waals surface area contributed by atoms with Crippen molar-refractivity contribution < 1.29 is 9.53 Å². The molecule has 0 bridgehead atoms. The lowest BCUT2D eigenvalue weighted by Gasteiger charge is -2.20. The molecule has 2 saturated heterocycles. The third-order valence-electron chi connectivity index (χ3n) is 6.27. The lowest BCUT2D eigenvalue weighted by molar-refractivity contribution is -0.130. The number of amides is 1. The van der Waals surface area contributed by atoms with E-state index < -0.39 is 0 Å². The molecule has 2 aromatic rings. The molecule has 0 radical (unpaired) electrons. The lowest BCUT2D eigenvalue weighted by atomic mass is 10.2. The van der Waals surface area contributed by atoms with E-state index in [1.807, 2.05) is 12.1 Å². The van der Waals surface area contributed by atoms with Crippen LogP contribution in [-0.4, -0.2) is 64.2 Å². The van der Waals surface area contributed by atoms with E-state index in [4.69, 9.17) is 4.74 Å². The van der Waals surface area contributed by atoms with Gasteiger partial charge in [0.25, 0.3) is 5.56 Å². The van der Waals surface area contributed by atoms with Gasteiger partial charge in [0.1, 0.15) is 11.6 Å². The van der Waals surface area contributed by atoms with Crippen LogP contribution in [0.5, 0.6) is 0 Å². The number of hydrogen-bond donors (Lipinski definition) is 1. The number of rotatable bonds is 6. The number of fused-ring (bicyclic) bond motifs is 2. The van der Waals surface area contributed by atoms with Crippen molar-refractivity contribution in [3.63, 3.8) is 0 Å². The van der Waals surface area contributed by atoms with Gasteiger partial charge in [-0.2, -0.15) is 0 Å². The summed E-state index contributed by atoms with van der Waals surface area (Å²) in [5.74, 6) is 1.19. The van der Waals surface area contributed by atoms with Crippen molar-refractivity contribution in [3.8, 4) is 0 Å². The first-order valence-electron chi connectivity index (χ1n) is 10.2. The van der Waals surface area contributed by atoms with Crippen molar-refractivity contribution in [2.75, 3.05) is 26.2 Å². The number of carbonyl (C=O) groups excluding carboxylic acids is 1. The van der Waals surface area contributed by atoms with Crippen LogP contribution in [-0.2, 0) is 16.1 Å². The van der Waals surface area contributed by atoms with Crippen molar-refractivity contribution in [2.45, 2.75) is 38.0 Å². The molecule has 1 saturated carbocycles. The highest BCUT2D eigenvalue weighted by Crippen LogP contribution is 2.45. The van der Waals surface area contributed by atoms with Gasteiger partial charge in [0.2, 0.25) is 5.91 Å². The predicted molar refractivity (Wildman–Crippen MR) is 110 cm³/mol. The van der Waals surface area contributed by atoms with Gasteiger partial charge in [-0.25, -0.2) is 4.68 Å². The van der Waals surface area contributed by atoms with Crippen molar-refractivity contribution in [1.82, 2.24) is 25.2 Å². The second-order valence-electron chi connectivity index (χ2n) is 8.11. The summed E-state index contributed by atoms with van der Waals surface area (Å²) in [7, 11) is 0. The van der Waals surface area contributed by atoms with Crippen LogP contribution >= 0.6 is 12.4 Å². The van der Waals surface area contributed by atoms with Gasteiger partial charge < -0.3 is 15.0 Å². The third kappa shape index (κ3) is 4.01. The zero-order valence-electron chi connectivity index (χ0n) is 16.2. The Morgan fingerprint density at radius 3 is 2.76 bits per heavy atom. The van der Waals surface area contributed by atoms with Crippen molar-refractivity contribution in [2.24, 2.45) is 11.8 Å². The molecule has 9 heteroatoms. The maximum absolute atomic E-state index is 12.5. The van der Waals surface area contributed by atoms with Gasteiger partial charge in [-0.1, -0.05) is 17.3 Å². The lowest BCUT2D eigenvalue weighted by Crippen LogP contribution is -2.40. The summed E-state index contributed by atoms with van der Waals surface area (Å²) in [6.07, 6.45) is 2.45. The molecule has 1 N–H and O–H groups in total. The minimum absolute atomic E-state index is 0. The second-order valence-corrected chi connectivity index (χ2v) is 8.11. The summed E-state index contributed by atoms with van der Waals surface area (Å²) in [6.45, 7) is 4.23. The Bertz CT molecular complexity index is 933. The minimum Gasteiger partial charge on any atom is -0.368 e. The molecule has 3 unspecified atom stereocenters. The van der Waals surface area contributed by atoms with E-state index in [0.29, 0.717) is 41.9 Å². The van der Waals surface area contributed by atoms with Gasteiger partial charge in [0.15, 0.2) is 0 Å². The number of hydrogen-bond acceptors (Lipinski definition) is 6. The molecule has 5 rings (SSSR count). The first-order valence-corrected chi connectivity index (χ1v) is 10.2. The van der Waals surface area contributed by atoms with Crippen molar-refractivity contribution in [1.29, 1.82) is 0 Å². The zero-order valence-corrected chi connectivity index (χ0v) is 17.0. The highest BCUT2D eigenvalue weighted by Gasteiger charge is 2.56. The largest absolute Gasteiger partial charge is 0.368 e. The summed E-state index contributed by atoms with van der Waals surface area (Å²) in [4.78, 5) is 27.1. The molecule has 1 aromatic heterocycles. The van der Waals surface area contributed by atoms with E-state index in [0.717, 1.165) is 38.9 Å². The Balaban J connectivity index is 0.00000205. The second kappa shape index (κ2) is 8.38. The highest BCUT2D eigenvalue weighted by atomic mass is 35.5. The summed E-state index contributed by atoms with van der Waals surface area (Å²) < 4.78 is 6.92. The Hall–Kier alpha value is -2.03. The highest BCUT2D eigenvalue weighted by molar-refractivity contribution is 5.85. The van der Waals surface area contributed by atoms with E-state index in [1.54, 1.807) is 12.1 Å². The van der Waals surface area contributed by atoms with Crippen LogP contribution in [0.2, 0.25) is 0 Å². The third-order valence-corrected chi connectivity index (χ3v) is 6.27. The van der Waals surface area contributed by atoms with Gasteiger partial charge in [0.05, 0.1) is 5.39 Å². The number of aromatic nitrogens is 3. The molecule has 2 aliphatic heterocycles. The Kier molecular flexibility index (Phi) is 5.85. The number of carbonyl (C=O) groups is 1. The van der Waals surface area contributed by atoms with Crippen LogP contribution < -0.4 is 10.9 Å². The molecule has 3 heterocycles. The van der Waals surface area contributed by atoms with Crippen molar-refractivity contribution in [3.05, 3.63) is 34.6 Å². The standard InChI is InChI=1S/C20H25N5O3.ClH/c26-19(17-7-3-10-28-17)21-18-14-11-24(12-15(14)18)8-4-9-25-20(27)13-5-1-2-6-16(13)22-23-25;/h1-2,5-6,14-15,17-18H,3-4,7-12H2,(H,21,26);1H. The molecule has 1 aliphatic carbocycles. The van der Waals surface area contributed by atoms with Gasteiger partial charge in [-0.3, -0.25) is 9.59 Å². The molecular formula is C20H26ClN5O3. The zero-order chi connectivity index (χ0) is 19.1. The monoisotopic (exact) mass is 419 g/mol. The molecule has 0 spiro atoms. The molecule has 3 aliphatic rings. The summed E-state index contributed by atoms with van der Waals surface area (Å²) >= 11 is 0. The average Bonchev–Trinajstić information content (AvgIpc) is 3.15. The molecule has 29 heavy (non-hydrogen) atoms. The fourth-order valence-electron chi connectivity index (χ4n) is 4.67. The molecule has 3 fully saturated rings. The molecular weight excluding hydrogens is 394 g/mol. The van der Waals surface area contributed by atoms with Gasteiger partial charge in [0, 0.05) is 32.3 Å². The van der Waals surface area contributed by atoms with Gasteiger partial charge in [-0.05, 0) is 49.8 Å². The van der Waals surface area contributed by atoms with Crippen LogP contribution in [0.25, 0.3) is 10.9 Å². The molecule has 156 valence electrons. The van der Waals surface area contributed by atoms with Crippen LogP contribution in [0.15, 0.2) is 29.1 Å².